The molecule has 6 heteroatoms. The molecule has 0 atom stereocenters. The third-order valence-electron chi connectivity index (χ3n) is 3.71. The zero-order chi connectivity index (χ0) is 16.9. The molecule has 0 aliphatic carbocycles. The number of amides is 1. The zero-order valence-electron chi connectivity index (χ0n) is 13.3. The minimum absolute atomic E-state index is 0.198. The number of hydrogen-bond acceptors (Lipinski definition) is 5. The van der Waals surface area contributed by atoms with E-state index in [0.29, 0.717) is 23.6 Å². The molecule has 0 fully saturated rings. The summed E-state index contributed by atoms with van der Waals surface area (Å²) in [5.41, 5.74) is 9.29. The maximum absolute atomic E-state index is 12.5. The molecule has 2 aromatic heterocycles. The fourth-order valence-corrected chi connectivity index (χ4v) is 2.43. The van der Waals surface area contributed by atoms with E-state index < -0.39 is 0 Å². The Labute approximate surface area is 139 Å². The first-order valence-corrected chi connectivity index (χ1v) is 7.64. The Balaban J connectivity index is 1.69. The Morgan fingerprint density at radius 1 is 1.17 bits per heavy atom. The van der Waals surface area contributed by atoms with Crippen LogP contribution in [0.2, 0.25) is 0 Å². The van der Waals surface area contributed by atoms with Crippen molar-refractivity contribution in [3.05, 3.63) is 65.6 Å². The van der Waals surface area contributed by atoms with Crippen molar-refractivity contribution < 1.29 is 9.32 Å². The Hall–Kier alpha value is -3.15. The van der Waals surface area contributed by atoms with Gasteiger partial charge in [0, 0.05) is 30.2 Å². The first-order chi connectivity index (χ1) is 11.6. The van der Waals surface area contributed by atoms with Crippen molar-refractivity contribution in [2.24, 2.45) is 0 Å². The Morgan fingerprint density at radius 2 is 1.88 bits per heavy atom. The first-order valence-electron chi connectivity index (χ1n) is 7.64. The first kappa shape index (κ1) is 15.7. The topological polar surface area (TPSA) is 94.0 Å². The fourth-order valence-electron chi connectivity index (χ4n) is 2.43. The predicted octanol–water partition coefficient (Wildman–Crippen LogP) is 2.60. The normalized spacial score (nSPS) is 10.5. The molecule has 0 radical (unpaired) electrons. The van der Waals surface area contributed by atoms with Gasteiger partial charge >= 0.3 is 0 Å². The summed E-state index contributed by atoms with van der Waals surface area (Å²) in [6.45, 7) is 2.27. The second-order valence-electron chi connectivity index (χ2n) is 5.46. The molecule has 0 saturated carbocycles. The van der Waals surface area contributed by atoms with Crippen LogP contribution < -0.4 is 11.1 Å². The lowest BCUT2D eigenvalue weighted by Gasteiger charge is -2.06. The van der Waals surface area contributed by atoms with Crippen LogP contribution in [0.25, 0.3) is 11.3 Å². The summed E-state index contributed by atoms with van der Waals surface area (Å²) in [6, 6.07) is 11.2. The Kier molecular flexibility index (Phi) is 4.56. The summed E-state index contributed by atoms with van der Waals surface area (Å²) < 4.78 is 5.33. The lowest BCUT2D eigenvalue weighted by atomic mass is 10.1. The van der Waals surface area contributed by atoms with Gasteiger partial charge in [-0.15, -0.1) is 0 Å². The molecule has 3 aromatic rings. The third-order valence-corrected chi connectivity index (χ3v) is 3.71. The van der Waals surface area contributed by atoms with Gasteiger partial charge < -0.3 is 15.6 Å². The SMILES string of the molecule is Cc1noc(-c2ccncc2)c1C(=O)NCCc1ccc(N)cc1. The molecular formula is C18H18N4O2. The van der Waals surface area contributed by atoms with Gasteiger partial charge in [-0.05, 0) is 43.2 Å². The van der Waals surface area contributed by atoms with Crippen LogP contribution in [0, 0.1) is 6.92 Å². The van der Waals surface area contributed by atoms with E-state index >= 15 is 0 Å². The minimum atomic E-state index is -0.198. The average molecular weight is 322 g/mol. The highest BCUT2D eigenvalue weighted by Crippen LogP contribution is 2.25. The molecular weight excluding hydrogens is 304 g/mol. The average Bonchev–Trinajstić information content (AvgIpc) is 2.99. The van der Waals surface area contributed by atoms with Crippen LogP contribution in [-0.4, -0.2) is 22.6 Å². The smallest absolute Gasteiger partial charge is 0.257 e. The van der Waals surface area contributed by atoms with E-state index in [2.05, 4.69) is 15.5 Å². The molecule has 122 valence electrons. The summed E-state index contributed by atoms with van der Waals surface area (Å²) in [7, 11) is 0. The van der Waals surface area contributed by atoms with Gasteiger partial charge in [0.1, 0.15) is 5.56 Å². The van der Waals surface area contributed by atoms with E-state index in [0.717, 1.165) is 23.2 Å². The number of anilines is 1. The molecule has 0 spiro atoms. The van der Waals surface area contributed by atoms with E-state index in [1.165, 1.54) is 0 Å². The van der Waals surface area contributed by atoms with Crippen LogP contribution >= 0.6 is 0 Å². The molecule has 0 aliphatic rings. The quantitative estimate of drug-likeness (QED) is 0.704. The van der Waals surface area contributed by atoms with Gasteiger partial charge in [0.05, 0.1) is 5.69 Å². The van der Waals surface area contributed by atoms with E-state index in [9.17, 15) is 4.79 Å². The van der Waals surface area contributed by atoms with Gasteiger partial charge in [-0.2, -0.15) is 0 Å². The van der Waals surface area contributed by atoms with E-state index in [4.69, 9.17) is 10.3 Å². The van der Waals surface area contributed by atoms with Crippen LogP contribution in [0.3, 0.4) is 0 Å². The van der Waals surface area contributed by atoms with Crippen molar-refractivity contribution in [1.82, 2.24) is 15.5 Å². The number of nitrogens with two attached hydrogens (primary N) is 1. The highest BCUT2D eigenvalue weighted by atomic mass is 16.5. The van der Waals surface area contributed by atoms with Gasteiger partial charge in [-0.1, -0.05) is 17.3 Å². The molecule has 24 heavy (non-hydrogen) atoms. The van der Waals surface area contributed by atoms with Crippen LogP contribution in [0.1, 0.15) is 21.6 Å². The summed E-state index contributed by atoms with van der Waals surface area (Å²) in [5, 5.41) is 6.83. The molecule has 3 N–H and O–H groups in total. The van der Waals surface area contributed by atoms with Gasteiger partial charge in [-0.25, -0.2) is 0 Å². The Morgan fingerprint density at radius 3 is 2.58 bits per heavy atom. The van der Waals surface area contributed by atoms with Gasteiger partial charge in [0.15, 0.2) is 5.76 Å². The van der Waals surface area contributed by atoms with Crippen molar-refractivity contribution in [1.29, 1.82) is 0 Å². The number of rotatable bonds is 5. The monoisotopic (exact) mass is 322 g/mol. The third kappa shape index (κ3) is 3.43. The number of carbonyl (C=O) groups excluding carboxylic acids is 1. The molecule has 0 saturated heterocycles. The predicted molar refractivity (Wildman–Crippen MR) is 91.4 cm³/mol. The van der Waals surface area contributed by atoms with Gasteiger partial charge in [0.2, 0.25) is 0 Å². The molecule has 1 aromatic carbocycles. The molecule has 0 aliphatic heterocycles. The highest BCUT2D eigenvalue weighted by Gasteiger charge is 2.21. The van der Waals surface area contributed by atoms with Crippen molar-refractivity contribution in [3.8, 4) is 11.3 Å². The maximum atomic E-state index is 12.5. The van der Waals surface area contributed by atoms with Crippen molar-refractivity contribution >= 4 is 11.6 Å². The van der Waals surface area contributed by atoms with E-state index in [1.54, 1.807) is 31.5 Å². The number of nitrogens with zero attached hydrogens (tertiary/aromatic N) is 2. The minimum Gasteiger partial charge on any atom is -0.399 e. The van der Waals surface area contributed by atoms with E-state index in [1.807, 2.05) is 24.3 Å². The molecule has 6 nitrogen and oxygen atoms in total. The largest absolute Gasteiger partial charge is 0.399 e. The van der Waals surface area contributed by atoms with Crippen molar-refractivity contribution in [2.75, 3.05) is 12.3 Å². The second-order valence-corrected chi connectivity index (χ2v) is 5.46. The van der Waals surface area contributed by atoms with Gasteiger partial charge in [0.25, 0.3) is 5.91 Å². The number of aryl methyl sites for hydroxylation is 1. The summed E-state index contributed by atoms with van der Waals surface area (Å²) in [6.07, 6.45) is 4.02. The molecule has 0 unspecified atom stereocenters. The molecule has 1 amide bonds. The number of nitrogens with one attached hydrogen (secondary N) is 1. The number of benzene rings is 1. The lowest BCUT2D eigenvalue weighted by Crippen LogP contribution is -2.26. The number of pyridine rings is 1. The number of hydrogen-bond donors (Lipinski definition) is 2. The zero-order valence-corrected chi connectivity index (χ0v) is 13.3. The van der Waals surface area contributed by atoms with Crippen molar-refractivity contribution in [3.63, 3.8) is 0 Å². The maximum Gasteiger partial charge on any atom is 0.257 e. The standard InChI is InChI=1S/C18H18N4O2/c1-12-16(17(24-22-12)14-7-9-20-10-8-14)18(23)21-11-6-13-2-4-15(19)5-3-13/h2-5,7-10H,6,11,19H2,1H3,(H,21,23). The summed E-state index contributed by atoms with van der Waals surface area (Å²) >= 11 is 0. The number of carbonyl (C=O) groups is 1. The molecule has 3 rings (SSSR count). The fraction of sp³-hybridized carbons (Fsp3) is 0.167. The lowest BCUT2D eigenvalue weighted by molar-refractivity contribution is 0.0954. The van der Waals surface area contributed by atoms with Gasteiger partial charge in [-0.3, -0.25) is 9.78 Å². The summed E-state index contributed by atoms with van der Waals surface area (Å²) in [4.78, 5) is 16.5. The second kappa shape index (κ2) is 6.95. The summed E-state index contributed by atoms with van der Waals surface area (Å²) in [5.74, 6) is 0.260. The number of nitrogen functional groups attached to an aromatic ring is 1. The van der Waals surface area contributed by atoms with Crippen LogP contribution in [0.5, 0.6) is 0 Å². The van der Waals surface area contributed by atoms with E-state index in [-0.39, 0.29) is 5.91 Å². The van der Waals surface area contributed by atoms with Crippen LogP contribution in [-0.2, 0) is 6.42 Å². The highest BCUT2D eigenvalue weighted by molar-refractivity contribution is 6.00. The van der Waals surface area contributed by atoms with Crippen LogP contribution in [0.15, 0.2) is 53.3 Å². The molecule has 2 heterocycles. The van der Waals surface area contributed by atoms with Crippen LogP contribution in [0.4, 0.5) is 5.69 Å². The Bertz CT molecular complexity index is 826. The molecule has 0 bridgehead atoms. The number of aromatic nitrogens is 2. The van der Waals surface area contributed by atoms with Crippen molar-refractivity contribution in [2.45, 2.75) is 13.3 Å².